The van der Waals surface area contributed by atoms with Crippen LogP contribution in [0.15, 0.2) is 71.3 Å². The molecule has 1 heterocycles. The number of halogens is 1. The van der Waals surface area contributed by atoms with Gasteiger partial charge in [0.1, 0.15) is 24.6 Å². The molecule has 8 heteroatoms. The van der Waals surface area contributed by atoms with E-state index in [2.05, 4.69) is 0 Å². The molecule has 0 saturated heterocycles. The molecule has 0 fully saturated rings. The van der Waals surface area contributed by atoms with Crippen LogP contribution in [0.3, 0.4) is 0 Å². The molecule has 0 aliphatic carbocycles. The van der Waals surface area contributed by atoms with Gasteiger partial charge in [0, 0.05) is 22.1 Å². The molecule has 7 nitrogen and oxygen atoms in total. The third-order valence-corrected chi connectivity index (χ3v) is 5.49. The van der Waals surface area contributed by atoms with Crippen molar-refractivity contribution in [2.45, 2.75) is 26.5 Å². The fraction of sp³-hybridized carbons (Fsp3) is 0.185. The van der Waals surface area contributed by atoms with Crippen LogP contribution in [0.1, 0.15) is 40.5 Å². The van der Waals surface area contributed by atoms with Gasteiger partial charge in [0.05, 0.1) is 18.7 Å². The van der Waals surface area contributed by atoms with E-state index in [1.165, 1.54) is 18.2 Å². The number of hydrogen-bond donors (Lipinski definition) is 3. The molecule has 0 aliphatic rings. The van der Waals surface area contributed by atoms with Gasteiger partial charge in [-0.15, -0.1) is 0 Å². The number of primary amides is 1. The molecule has 4 rings (SSSR count). The van der Waals surface area contributed by atoms with Crippen LogP contribution in [0, 0.1) is 0 Å². The van der Waals surface area contributed by atoms with Crippen molar-refractivity contribution in [3.8, 4) is 16.9 Å². The van der Waals surface area contributed by atoms with Crippen LogP contribution >= 0.6 is 0 Å². The number of hydrogen-bond acceptors (Lipinski definition) is 5. The van der Waals surface area contributed by atoms with Crippen LogP contribution in [0.25, 0.3) is 22.1 Å². The zero-order valence-corrected chi connectivity index (χ0v) is 18.2. The monoisotopic (exact) mass is 478 g/mol. The van der Waals surface area contributed by atoms with E-state index >= 15 is 0 Å². The number of rotatable bonds is 9. The third-order valence-electron chi connectivity index (χ3n) is 5.49. The van der Waals surface area contributed by atoms with E-state index in [-0.39, 0.29) is 31.8 Å². The fourth-order valence-corrected chi connectivity index (χ4v) is 3.78. The van der Waals surface area contributed by atoms with Crippen molar-refractivity contribution in [1.82, 2.24) is 0 Å². The summed E-state index contributed by atoms with van der Waals surface area (Å²) >= 11 is 0. The van der Waals surface area contributed by atoms with E-state index in [0.29, 0.717) is 16.7 Å². The fourth-order valence-electron chi connectivity index (χ4n) is 3.78. The number of carbonyl (C=O) groups excluding carboxylic acids is 1. The molecule has 5 N–H and O–H groups in total. The third kappa shape index (κ3) is 5.67. The number of fused-ring (bicyclic) bond motifs is 1. The lowest BCUT2D eigenvalue weighted by molar-refractivity contribution is -0.136. The Kier molecular flexibility index (Phi) is 7.88. The molecular formula is C27H27FN2O5. The van der Waals surface area contributed by atoms with Crippen LogP contribution in [-0.4, -0.2) is 23.7 Å². The Morgan fingerprint density at radius 1 is 1.09 bits per heavy atom. The first kappa shape index (κ1) is 25.5. The second-order valence-corrected chi connectivity index (χ2v) is 7.91. The van der Waals surface area contributed by atoms with Gasteiger partial charge in [0.15, 0.2) is 0 Å². The van der Waals surface area contributed by atoms with Gasteiger partial charge < -0.3 is 25.7 Å². The van der Waals surface area contributed by atoms with Crippen molar-refractivity contribution in [2.75, 3.05) is 6.67 Å². The number of furan rings is 1. The van der Waals surface area contributed by atoms with Crippen LogP contribution in [0.2, 0.25) is 0 Å². The minimum absolute atomic E-state index is 0. The first-order chi connectivity index (χ1) is 16.4. The highest BCUT2D eigenvalue weighted by Gasteiger charge is 2.15. The van der Waals surface area contributed by atoms with Crippen molar-refractivity contribution >= 4 is 22.8 Å². The van der Waals surface area contributed by atoms with Crippen LogP contribution < -0.4 is 16.2 Å². The van der Waals surface area contributed by atoms with Gasteiger partial charge in [-0.25, -0.2) is 4.39 Å². The van der Waals surface area contributed by atoms with Crippen molar-refractivity contribution in [1.29, 1.82) is 0 Å². The number of ether oxygens (including phenoxy) is 1. The lowest BCUT2D eigenvalue weighted by atomic mass is 9.97. The molecule has 1 amide bonds. The largest absolute Gasteiger partial charge is 0.489 e. The summed E-state index contributed by atoms with van der Waals surface area (Å²) in [5.41, 5.74) is 15.6. The van der Waals surface area contributed by atoms with Gasteiger partial charge in [-0.1, -0.05) is 31.7 Å². The van der Waals surface area contributed by atoms with Gasteiger partial charge in [0.25, 0.3) is 0 Å². The Hall–Kier alpha value is -4.17. The molecule has 1 aromatic heterocycles. The molecule has 0 spiro atoms. The molecule has 0 saturated carbocycles. The number of aliphatic carboxylic acids is 1. The average molecular weight is 479 g/mol. The van der Waals surface area contributed by atoms with Gasteiger partial charge in [0.2, 0.25) is 5.91 Å². The number of amides is 1. The summed E-state index contributed by atoms with van der Waals surface area (Å²) in [7, 11) is 0. The topological polar surface area (TPSA) is 129 Å². The lowest BCUT2D eigenvalue weighted by Gasteiger charge is -2.14. The summed E-state index contributed by atoms with van der Waals surface area (Å²) < 4.78 is 24.7. The summed E-state index contributed by atoms with van der Waals surface area (Å²) in [6, 6.07) is 16.6. The first-order valence-electron chi connectivity index (χ1n) is 10.5. The standard InChI is InChI=1S/C26H23FN2O5.CH4/c27-13-22(28)17-3-1-2-16(10-17)21-9-15(8-19-6-7-33-25(19)21)14-34-23-11-20(26(29)32)5-4-18(23)12-24(30)31;/h1-11,22H,12-14,28H2,(H2,29,32)(H,30,31);1H4. The van der Waals surface area contributed by atoms with Crippen LogP contribution in [-0.2, 0) is 17.8 Å². The molecule has 4 aromatic rings. The molecule has 1 unspecified atom stereocenters. The number of carboxylic acid groups (broad SMARTS) is 1. The van der Waals surface area contributed by atoms with Crippen LogP contribution in [0.4, 0.5) is 4.39 Å². The molecule has 0 bridgehead atoms. The van der Waals surface area contributed by atoms with Gasteiger partial charge in [-0.05, 0) is 53.1 Å². The average Bonchev–Trinajstić information content (AvgIpc) is 3.30. The van der Waals surface area contributed by atoms with Crippen molar-refractivity contribution in [3.63, 3.8) is 0 Å². The maximum atomic E-state index is 13.1. The van der Waals surface area contributed by atoms with Crippen molar-refractivity contribution in [2.24, 2.45) is 11.5 Å². The van der Waals surface area contributed by atoms with Gasteiger partial charge >= 0.3 is 5.97 Å². The Bertz CT molecular complexity index is 1360. The zero-order valence-electron chi connectivity index (χ0n) is 18.2. The van der Waals surface area contributed by atoms with E-state index in [1.54, 1.807) is 12.3 Å². The van der Waals surface area contributed by atoms with Gasteiger partial charge in [-0.3, -0.25) is 9.59 Å². The summed E-state index contributed by atoms with van der Waals surface area (Å²) in [6.07, 6.45) is 1.32. The van der Waals surface area contributed by atoms with E-state index in [0.717, 1.165) is 22.1 Å². The zero-order chi connectivity index (χ0) is 24.2. The maximum absolute atomic E-state index is 13.1. The molecule has 1 atom stereocenters. The highest BCUT2D eigenvalue weighted by atomic mass is 19.1. The number of alkyl halides is 1. The van der Waals surface area contributed by atoms with E-state index in [1.807, 2.05) is 36.4 Å². The Balaban J connectivity index is 0.00000342. The second-order valence-electron chi connectivity index (χ2n) is 7.91. The van der Waals surface area contributed by atoms with Crippen molar-refractivity contribution < 1.29 is 28.2 Å². The smallest absolute Gasteiger partial charge is 0.307 e. The number of benzene rings is 3. The predicted molar refractivity (Wildman–Crippen MR) is 132 cm³/mol. The predicted octanol–water partition coefficient (Wildman–Crippen LogP) is 5.01. The minimum Gasteiger partial charge on any atom is -0.489 e. The normalized spacial score (nSPS) is 11.6. The summed E-state index contributed by atoms with van der Waals surface area (Å²) in [5, 5.41) is 10.0. The maximum Gasteiger partial charge on any atom is 0.307 e. The Morgan fingerprint density at radius 3 is 2.60 bits per heavy atom. The molecule has 35 heavy (non-hydrogen) atoms. The quantitative estimate of drug-likeness (QED) is 0.310. The summed E-state index contributed by atoms with van der Waals surface area (Å²) in [4.78, 5) is 22.8. The van der Waals surface area contributed by atoms with Crippen molar-refractivity contribution in [3.05, 3.63) is 89.2 Å². The van der Waals surface area contributed by atoms with E-state index in [9.17, 15) is 19.1 Å². The molecule has 3 aromatic carbocycles. The molecule has 0 aliphatic heterocycles. The van der Waals surface area contributed by atoms with E-state index in [4.69, 9.17) is 20.6 Å². The Morgan fingerprint density at radius 2 is 1.89 bits per heavy atom. The minimum atomic E-state index is -1.02. The molecule has 182 valence electrons. The second kappa shape index (κ2) is 10.8. The highest BCUT2D eigenvalue weighted by molar-refractivity contribution is 5.94. The lowest BCUT2D eigenvalue weighted by Crippen LogP contribution is -2.12. The van der Waals surface area contributed by atoms with Crippen LogP contribution in [0.5, 0.6) is 5.75 Å². The Labute approximate surface area is 202 Å². The SMILES string of the molecule is C.NC(=O)c1ccc(CC(=O)O)c(OCc2cc(-c3cccc(C(N)CF)c3)c3occc3c2)c1. The molecular weight excluding hydrogens is 451 g/mol. The summed E-state index contributed by atoms with van der Waals surface area (Å²) in [5.74, 6) is -1.39. The first-order valence-corrected chi connectivity index (χ1v) is 10.5. The molecule has 0 radical (unpaired) electrons. The number of nitrogens with two attached hydrogens (primary N) is 2. The number of carbonyl (C=O) groups is 2. The highest BCUT2D eigenvalue weighted by Crippen LogP contribution is 2.33. The number of carboxylic acids is 1. The van der Waals surface area contributed by atoms with E-state index < -0.39 is 24.6 Å². The summed E-state index contributed by atoms with van der Waals surface area (Å²) in [6.45, 7) is -0.566. The van der Waals surface area contributed by atoms with Gasteiger partial charge in [-0.2, -0.15) is 0 Å².